The molecular weight excluding hydrogens is 232 g/mol. The van der Waals surface area contributed by atoms with E-state index in [1.807, 2.05) is 19.1 Å². The molecule has 1 aromatic carbocycles. The highest BCUT2D eigenvalue weighted by atomic mass is 16.5. The highest BCUT2D eigenvalue weighted by Gasteiger charge is 2.18. The first-order valence-electron chi connectivity index (χ1n) is 5.68. The van der Waals surface area contributed by atoms with Gasteiger partial charge in [-0.25, -0.2) is 4.79 Å². The summed E-state index contributed by atoms with van der Waals surface area (Å²) in [4.78, 5) is 11.8. The largest absolute Gasteiger partial charge is 0.497 e. The Bertz CT molecular complexity index is 449. The van der Waals surface area contributed by atoms with Gasteiger partial charge in [0.25, 0.3) is 0 Å². The molecule has 0 saturated carbocycles. The van der Waals surface area contributed by atoms with Gasteiger partial charge in [-0.1, -0.05) is 19.1 Å². The van der Waals surface area contributed by atoms with Gasteiger partial charge < -0.3 is 14.2 Å². The maximum Gasteiger partial charge on any atom is 0.342 e. The molecule has 1 rings (SSSR count). The zero-order valence-corrected chi connectivity index (χ0v) is 11.1. The van der Waals surface area contributed by atoms with Crippen LogP contribution < -0.4 is 9.47 Å². The minimum Gasteiger partial charge on any atom is -0.497 e. The lowest BCUT2D eigenvalue weighted by atomic mass is 10.0. The Morgan fingerprint density at radius 3 is 2.44 bits per heavy atom. The molecule has 0 aliphatic heterocycles. The van der Waals surface area contributed by atoms with Crippen molar-refractivity contribution in [3.05, 3.63) is 29.3 Å². The maximum absolute atomic E-state index is 11.8. The predicted octanol–water partition coefficient (Wildman–Crippen LogP) is 2.91. The van der Waals surface area contributed by atoms with Crippen LogP contribution in [-0.4, -0.2) is 27.3 Å². The lowest BCUT2D eigenvalue weighted by Gasteiger charge is -2.12. The molecule has 0 saturated heterocycles. The van der Waals surface area contributed by atoms with E-state index in [1.54, 1.807) is 19.2 Å². The van der Waals surface area contributed by atoms with Crippen LogP contribution in [0.5, 0.6) is 11.5 Å². The number of benzene rings is 1. The van der Waals surface area contributed by atoms with Crippen LogP contribution >= 0.6 is 0 Å². The van der Waals surface area contributed by atoms with E-state index in [4.69, 9.17) is 14.2 Å². The first kappa shape index (κ1) is 14.1. The Balaban J connectivity index is 3.41. The summed E-state index contributed by atoms with van der Waals surface area (Å²) in [5, 5.41) is 0. The summed E-state index contributed by atoms with van der Waals surface area (Å²) in [7, 11) is 4.42. The van der Waals surface area contributed by atoms with Gasteiger partial charge in [-0.15, -0.1) is 0 Å². The second-order valence-electron chi connectivity index (χ2n) is 3.60. The Labute approximate surface area is 107 Å². The van der Waals surface area contributed by atoms with Gasteiger partial charge in [0, 0.05) is 6.07 Å². The minimum absolute atomic E-state index is 0.408. The molecular formula is C14H18O4. The van der Waals surface area contributed by atoms with Crippen LogP contribution in [0.3, 0.4) is 0 Å². The summed E-state index contributed by atoms with van der Waals surface area (Å²) in [5.41, 5.74) is 1.13. The maximum atomic E-state index is 11.8. The molecule has 0 amide bonds. The lowest BCUT2D eigenvalue weighted by Crippen LogP contribution is -2.07. The summed E-state index contributed by atoms with van der Waals surface area (Å²) in [5.74, 6) is 0.650. The number of rotatable bonds is 5. The smallest absolute Gasteiger partial charge is 0.342 e. The fourth-order valence-electron chi connectivity index (χ4n) is 1.59. The third-order valence-electron chi connectivity index (χ3n) is 2.48. The van der Waals surface area contributed by atoms with E-state index in [2.05, 4.69) is 0 Å². The van der Waals surface area contributed by atoms with Crippen molar-refractivity contribution < 1.29 is 19.0 Å². The molecule has 0 radical (unpaired) electrons. The summed E-state index contributed by atoms with van der Waals surface area (Å²) >= 11 is 0. The first-order chi connectivity index (χ1) is 8.67. The van der Waals surface area contributed by atoms with Crippen LogP contribution in [0.25, 0.3) is 6.08 Å². The summed E-state index contributed by atoms with van der Waals surface area (Å²) < 4.78 is 15.2. The molecule has 4 heteroatoms. The number of methoxy groups -OCH3 is 3. The van der Waals surface area contributed by atoms with E-state index in [9.17, 15) is 4.79 Å². The highest BCUT2D eigenvalue weighted by molar-refractivity contribution is 5.97. The number of ether oxygens (including phenoxy) is 3. The monoisotopic (exact) mass is 250 g/mol. The number of carbonyl (C=O) groups is 1. The normalized spacial score (nSPS) is 10.4. The van der Waals surface area contributed by atoms with Crippen molar-refractivity contribution in [3.63, 3.8) is 0 Å². The van der Waals surface area contributed by atoms with E-state index in [1.165, 1.54) is 14.2 Å². The summed E-state index contributed by atoms with van der Waals surface area (Å²) in [6, 6.07) is 3.44. The lowest BCUT2D eigenvalue weighted by molar-refractivity contribution is 0.0597. The van der Waals surface area contributed by atoms with Gasteiger partial charge in [-0.2, -0.15) is 0 Å². The van der Waals surface area contributed by atoms with Crippen LogP contribution in [0.15, 0.2) is 18.2 Å². The minimum atomic E-state index is -0.426. The van der Waals surface area contributed by atoms with Gasteiger partial charge in [0.05, 0.1) is 21.3 Å². The molecule has 4 nitrogen and oxygen atoms in total. The Kier molecular flexibility index (Phi) is 5.24. The van der Waals surface area contributed by atoms with Crippen LogP contribution in [0, 0.1) is 0 Å². The molecule has 0 N–H and O–H groups in total. The zero-order chi connectivity index (χ0) is 13.5. The molecule has 0 spiro atoms. The molecule has 0 heterocycles. The average Bonchev–Trinajstić information content (AvgIpc) is 2.42. The van der Waals surface area contributed by atoms with Crippen molar-refractivity contribution in [2.45, 2.75) is 13.3 Å². The molecule has 1 aromatic rings. The Morgan fingerprint density at radius 2 is 1.94 bits per heavy atom. The van der Waals surface area contributed by atoms with E-state index in [0.29, 0.717) is 17.1 Å². The molecule has 0 aliphatic rings. The standard InChI is InChI=1S/C14H18O4/c1-5-6-7-10-8-11(16-2)9-12(17-3)13(10)14(15)18-4/h6-9H,5H2,1-4H3. The third kappa shape index (κ3) is 3.03. The van der Waals surface area contributed by atoms with E-state index >= 15 is 0 Å². The second-order valence-corrected chi connectivity index (χ2v) is 3.60. The molecule has 18 heavy (non-hydrogen) atoms. The molecule has 0 fully saturated rings. The van der Waals surface area contributed by atoms with E-state index < -0.39 is 5.97 Å². The van der Waals surface area contributed by atoms with Gasteiger partial charge in [-0.05, 0) is 18.1 Å². The average molecular weight is 250 g/mol. The van der Waals surface area contributed by atoms with Crippen molar-refractivity contribution >= 4 is 12.0 Å². The van der Waals surface area contributed by atoms with Gasteiger partial charge in [0.2, 0.25) is 0 Å². The molecule has 98 valence electrons. The first-order valence-corrected chi connectivity index (χ1v) is 5.68. The second kappa shape index (κ2) is 6.69. The highest BCUT2D eigenvalue weighted by Crippen LogP contribution is 2.30. The quantitative estimate of drug-likeness (QED) is 0.754. The Morgan fingerprint density at radius 1 is 1.22 bits per heavy atom. The van der Waals surface area contributed by atoms with Gasteiger partial charge in [0.15, 0.2) is 0 Å². The molecule has 0 aliphatic carbocycles. The molecule has 0 bridgehead atoms. The molecule has 0 atom stereocenters. The molecule has 0 unspecified atom stereocenters. The van der Waals surface area contributed by atoms with Crippen LogP contribution in [0.1, 0.15) is 29.3 Å². The van der Waals surface area contributed by atoms with Crippen LogP contribution in [-0.2, 0) is 4.74 Å². The van der Waals surface area contributed by atoms with Crippen LogP contribution in [0.2, 0.25) is 0 Å². The van der Waals surface area contributed by atoms with Gasteiger partial charge >= 0.3 is 5.97 Å². The van der Waals surface area contributed by atoms with Crippen molar-refractivity contribution in [2.75, 3.05) is 21.3 Å². The number of esters is 1. The van der Waals surface area contributed by atoms with Crippen molar-refractivity contribution in [3.8, 4) is 11.5 Å². The van der Waals surface area contributed by atoms with Gasteiger partial charge in [0.1, 0.15) is 17.1 Å². The number of hydrogen-bond acceptors (Lipinski definition) is 4. The zero-order valence-electron chi connectivity index (χ0n) is 11.1. The fraction of sp³-hybridized carbons (Fsp3) is 0.357. The third-order valence-corrected chi connectivity index (χ3v) is 2.48. The topological polar surface area (TPSA) is 44.8 Å². The van der Waals surface area contributed by atoms with Crippen molar-refractivity contribution in [2.24, 2.45) is 0 Å². The molecule has 0 aromatic heterocycles. The van der Waals surface area contributed by atoms with E-state index in [-0.39, 0.29) is 0 Å². The number of carbonyl (C=O) groups excluding carboxylic acids is 1. The van der Waals surface area contributed by atoms with Crippen molar-refractivity contribution in [1.82, 2.24) is 0 Å². The summed E-state index contributed by atoms with van der Waals surface area (Å²) in [6.45, 7) is 2.02. The SMILES string of the molecule is CCC=Cc1cc(OC)cc(OC)c1C(=O)OC. The number of allylic oxidation sites excluding steroid dienone is 1. The number of hydrogen-bond donors (Lipinski definition) is 0. The van der Waals surface area contributed by atoms with E-state index in [0.717, 1.165) is 12.0 Å². The summed E-state index contributed by atoms with van der Waals surface area (Å²) in [6.07, 6.45) is 4.69. The van der Waals surface area contributed by atoms with Gasteiger partial charge in [-0.3, -0.25) is 0 Å². The predicted molar refractivity (Wildman–Crippen MR) is 70.2 cm³/mol. The van der Waals surface area contributed by atoms with Crippen LogP contribution in [0.4, 0.5) is 0 Å². The Hall–Kier alpha value is -1.97. The fourth-order valence-corrected chi connectivity index (χ4v) is 1.59. The van der Waals surface area contributed by atoms with Crippen molar-refractivity contribution in [1.29, 1.82) is 0 Å².